The van der Waals surface area contributed by atoms with Crippen LogP contribution in [0.1, 0.15) is 24.0 Å². The Kier molecular flexibility index (Phi) is 6.98. The molecule has 0 aliphatic carbocycles. The molecule has 1 aromatic heterocycles. The molecule has 1 aromatic carbocycles. The molecule has 6 nitrogen and oxygen atoms in total. The van der Waals surface area contributed by atoms with E-state index in [1.807, 2.05) is 19.3 Å². The Labute approximate surface area is 179 Å². The number of aromatic nitrogens is 1. The van der Waals surface area contributed by atoms with Crippen molar-refractivity contribution in [3.05, 3.63) is 65.4 Å². The number of nitrogens with one attached hydrogen (secondary N) is 1. The molecular formula is C24H31N5O. The number of guanidine groups is 1. The molecule has 0 radical (unpaired) electrons. The number of benzene rings is 1. The molecule has 2 fully saturated rings. The van der Waals surface area contributed by atoms with Gasteiger partial charge in [0.2, 0.25) is 0 Å². The molecule has 30 heavy (non-hydrogen) atoms. The van der Waals surface area contributed by atoms with Gasteiger partial charge in [0.05, 0.1) is 13.2 Å². The summed E-state index contributed by atoms with van der Waals surface area (Å²) in [5.74, 6) is 2.01. The first kappa shape index (κ1) is 20.4. The fourth-order valence-corrected chi connectivity index (χ4v) is 4.07. The minimum atomic E-state index is 0.719. The van der Waals surface area contributed by atoms with Crippen LogP contribution in [0.25, 0.3) is 6.08 Å². The number of hydrogen-bond donors (Lipinski definition) is 1. The highest BCUT2D eigenvalue weighted by molar-refractivity contribution is 5.80. The van der Waals surface area contributed by atoms with E-state index in [1.165, 1.54) is 16.7 Å². The molecule has 2 aliphatic rings. The zero-order chi connectivity index (χ0) is 20.6. The smallest absolute Gasteiger partial charge is 0.193 e. The van der Waals surface area contributed by atoms with Gasteiger partial charge in [0.25, 0.3) is 0 Å². The maximum absolute atomic E-state index is 5.49. The summed E-state index contributed by atoms with van der Waals surface area (Å²) in [4.78, 5) is 13.8. The van der Waals surface area contributed by atoms with Gasteiger partial charge in [0.15, 0.2) is 5.96 Å². The lowest BCUT2D eigenvalue weighted by molar-refractivity contribution is 0.122. The highest BCUT2D eigenvalue weighted by atomic mass is 16.5. The molecule has 2 saturated heterocycles. The van der Waals surface area contributed by atoms with Crippen LogP contribution in [0, 0.1) is 0 Å². The van der Waals surface area contributed by atoms with Gasteiger partial charge in [-0.15, -0.1) is 0 Å². The van der Waals surface area contributed by atoms with E-state index in [0.717, 1.165) is 70.6 Å². The topological polar surface area (TPSA) is 53.0 Å². The molecule has 3 heterocycles. The first-order valence-corrected chi connectivity index (χ1v) is 10.8. The Bertz CT molecular complexity index is 864. The average Bonchev–Trinajstić information content (AvgIpc) is 2.82. The molecule has 2 aromatic rings. The van der Waals surface area contributed by atoms with Crippen LogP contribution >= 0.6 is 0 Å². The molecule has 0 atom stereocenters. The van der Waals surface area contributed by atoms with Gasteiger partial charge in [-0.3, -0.25) is 4.99 Å². The zero-order valence-electron chi connectivity index (χ0n) is 17.8. The maximum atomic E-state index is 5.49. The van der Waals surface area contributed by atoms with Gasteiger partial charge >= 0.3 is 0 Å². The van der Waals surface area contributed by atoms with Gasteiger partial charge in [0, 0.05) is 51.5 Å². The maximum Gasteiger partial charge on any atom is 0.193 e. The Morgan fingerprint density at radius 3 is 2.57 bits per heavy atom. The quantitative estimate of drug-likeness (QED) is 0.626. The third-order valence-electron chi connectivity index (χ3n) is 5.70. The van der Waals surface area contributed by atoms with E-state index in [0.29, 0.717) is 0 Å². The molecule has 0 unspecified atom stereocenters. The number of aliphatic imine (C=N–C) groups is 1. The van der Waals surface area contributed by atoms with Crippen LogP contribution in [0.15, 0.2) is 59.2 Å². The van der Waals surface area contributed by atoms with Crippen molar-refractivity contribution < 1.29 is 4.74 Å². The van der Waals surface area contributed by atoms with Gasteiger partial charge < -0.3 is 19.9 Å². The highest BCUT2D eigenvalue weighted by Crippen LogP contribution is 2.21. The number of rotatable bonds is 4. The first-order chi connectivity index (χ1) is 14.8. The fourth-order valence-electron chi connectivity index (χ4n) is 4.07. The number of hydrogen-bond acceptors (Lipinski definition) is 4. The molecule has 1 N–H and O–H groups in total. The van der Waals surface area contributed by atoms with Crippen LogP contribution in [0.3, 0.4) is 0 Å². The molecular weight excluding hydrogens is 374 g/mol. The minimum Gasteiger partial charge on any atom is -0.378 e. The summed E-state index contributed by atoms with van der Waals surface area (Å²) in [6, 6.07) is 14.7. The van der Waals surface area contributed by atoms with Crippen LogP contribution in [-0.4, -0.2) is 62.3 Å². The molecule has 0 saturated carbocycles. The van der Waals surface area contributed by atoms with E-state index in [1.54, 1.807) is 0 Å². The lowest BCUT2D eigenvalue weighted by Crippen LogP contribution is -2.44. The third-order valence-corrected chi connectivity index (χ3v) is 5.70. The Balaban J connectivity index is 1.35. The van der Waals surface area contributed by atoms with Crippen LogP contribution in [0.2, 0.25) is 0 Å². The van der Waals surface area contributed by atoms with Crippen LogP contribution in [0.4, 0.5) is 5.82 Å². The second-order valence-electron chi connectivity index (χ2n) is 7.69. The van der Waals surface area contributed by atoms with E-state index in [4.69, 9.17) is 4.74 Å². The van der Waals surface area contributed by atoms with Crippen molar-refractivity contribution in [1.82, 2.24) is 15.2 Å². The van der Waals surface area contributed by atoms with Crippen molar-refractivity contribution in [3.8, 4) is 0 Å². The summed E-state index contributed by atoms with van der Waals surface area (Å²) < 4.78 is 5.49. The molecule has 0 spiro atoms. The Hall–Kier alpha value is -2.86. The molecule has 0 amide bonds. The van der Waals surface area contributed by atoms with E-state index >= 15 is 0 Å². The van der Waals surface area contributed by atoms with E-state index < -0.39 is 0 Å². The summed E-state index contributed by atoms with van der Waals surface area (Å²) in [6.07, 6.45) is 6.34. The molecule has 0 bridgehead atoms. The number of anilines is 1. The number of nitrogens with zero attached hydrogens (tertiary/aromatic N) is 4. The highest BCUT2D eigenvalue weighted by Gasteiger charge is 2.19. The van der Waals surface area contributed by atoms with Crippen LogP contribution in [-0.2, 0) is 11.3 Å². The Morgan fingerprint density at radius 2 is 1.83 bits per heavy atom. The van der Waals surface area contributed by atoms with Crippen molar-refractivity contribution in [1.29, 1.82) is 0 Å². The van der Waals surface area contributed by atoms with Crippen molar-refractivity contribution >= 4 is 17.9 Å². The number of morpholine rings is 1. The summed E-state index contributed by atoms with van der Waals surface area (Å²) in [6.45, 7) is 6.00. The number of pyridine rings is 1. The molecule has 2 aliphatic heterocycles. The van der Waals surface area contributed by atoms with Crippen molar-refractivity contribution in [2.45, 2.75) is 19.4 Å². The van der Waals surface area contributed by atoms with Crippen LogP contribution < -0.4 is 10.2 Å². The number of likely N-dealkylation sites (tertiary alicyclic amines) is 1. The summed E-state index contributed by atoms with van der Waals surface area (Å²) >= 11 is 0. The Morgan fingerprint density at radius 1 is 1.07 bits per heavy atom. The number of piperidine rings is 1. The van der Waals surface area contributed by atoms with Gasteiger partial charge in [-0.1, -0.05) is 48.0 Å². The SMILES string of the molecule is CN=C(NCc1cccnc1N1CCOCC1)N1CCC(=Cc2ccccc2)CC1. The molecule has 6 heteroatoms. The fraction of sp³-hybridized carbons (Fsp3) is 0.417. The lowest BCUT2D eigenvalue weighted by atomic mass is 10.0. The van der Waals surface area contributed by atoms with E-state index in [9.17, 15) is 0 Å². The zero-order valence-corrected chi connectivity index (χ0v) is 17.8. The first-order valence-electron chi connectivity index (χ1n) is 10.8. The van der Waals surface area contributed by atoms with Crippen LogP contribution in [0.5, 0.6) is 0 Å². The van der Waals surface area contributed by atoms with Gasteiger partial charge in [-0.25, -0.2) is 4.98 Å². The minimum absolute atomic E-state index is 0.719. The third kappa shape index (κ3) is 5.19. The number of ether oxygens (including phenoxy) is 1. The van der Waals surface area contributed by atoms with Gasteiger partial charge in [0.1, 0.15) is 5.82 Å². The second kappa shape index (κ2) is 10.3. The van der Waals surface area contributed by atoms with Crippen molar-refractivity contribution in [2.75, 3.05) is 51.3 Å². The second-order valence-corrected chi connectivity index (χ2v) is 7.69. The monoisotopic (exact) mass is 405 g/mol. The van der Waals surface area contributed by atoms with E-state index in [-0.39, 0.29) is 0 Å². The van der Waals surface area contributed by atoms with Gasteiger partial charge in [-0.2, -0.15) is 0 Å². The van der Waals surface area contributed by atoms with E-state index in [2.05, 4.69) is 67.6 Å². The largest absolute Gasteiger partial charge is 0.378 e. The molecule has 158 valence electrons. The standard InChI is InChI=1S/C24H31N5O/c1-25-24(29-12-9-21(10-13-29)18-20-6-3-2-4-7-20)27-19-22-8-5-11-26-23(22)28-14-16-30-17-15-28/h2-8,11,18H,9-10,12-17,19H2,1H3,(H,25,27). The summed E-state index contributed by atoms with van der Waals surface area (Å²) in [7, 11) is 1.86. The summed E-state index contributed by atoms with van der Waals surface area (Å²) in [5.41, 5.74) is 3.99. The average molecular weight is 406 g/mol. The molecule has 4 rings (SSSR count). The predicted octanol–water partition coefficient (Wildman–Crippen LogP) is 3.17. The normalized spacial score (nSPS) is 17.8. The van der Waals surface area contributed by atoms with Crippen molar-refractivity contribution in [3.63, 3.8) is 0 Å². The van der Waals surface area contributed by atoms with Gasteiger partial charge in [-0.05, 0) is 24.5 Å². The lowest BCUT2D eigenvalue weighted by Gasteiger charge is -2.32. The predicted molar refractivity (Wildman–Crippen MR) is 123 cm³/mol. The van der Waals surface area contributed by atoms with Crippen molar-refractivity contribution in [2.24, 2.45) is 4.99 Å². The summed E-state index contributed by atoms with van der Waals surface area (Å²) in [5, 5.41) is 3.56.